The second kappa shape index (κ2) is 27.8. The maximum atomic E-state index is 13.5. The molecule has 12 rings (SSSR count). The Morgan fingerprint density at radius 2 is 1.05 bits per heavy atom. The van der Waals surface area contributed by atoms with Crippen molar-refractivity contribution in [2.75, 3.05) is 75.2 Å². The number of carboxylic acid groups (broad SMARTS) is 1. The summed E-state index contributed by atoms with van der Waals surface area (Å²) in [5, 5.41) is 37.4. The second-order valence-corrected chi connectivity index (χ2v) is 25.7. The van der Waals surface area contributed by atoms with Crippen LogP contribution in [0.2, 0.25) is 18.7 Å². The number of fused-ring (bicyclic) bond motifs is 2. The van der Waals surface area contributed by atoms with Gasteiger partial charge in [-0.15, -0.1) is 22.7 Å². The van der Waals surface area contributed by atoms with Crippen LogP contribution in [0, 0.1) is 11.8 Å². The van der Waals surface area contributed by atoms with Gasteiger partial charge in [-0.25, -0.2) is 0 Å². The van der Waals surface area contributed by atoms with E-state index >= 15 is 0 Å². The molecule has 0 bridgehead atoms. The Morgan fingerprint density at radius 3 is 1.51 bits per heavy atom. The Balaban J connectivity index is 0.000000169. The fraction of sp³-hybridized carbons (Fsp3) is 0.500. The molecule has 1 amide bonds. The van der Waals surface area contributed by atoms with Gasteiger partial charge in [-0.05, 0) is 173 Å². The number of rotatable bonds is 17. The molecule has 6 aliphatic rings. The van der Waals surface area contributed by atoms with E-state index in [1.807, 2.05) is 48.5 Å². The van der Waals surface area contributed by atoms with Crippen LogP contribution in [0.25, 0.3) is 20.2 Å². The van der Waals surface area contributed by atoms with E-state index < -0.39 is 24.2 Å². The monoisotopic (exact) mass is 1200 g/mol. The number of nitrogens with two attached hydrogens (primary N) is 1. The zero-order valence-corrected chi connectivity index (χ0v) is 47.7. The number of hydrogen-bond acceptors (Lipinski definition) is 13. The number of thiophene rings is 2. The molecule has 0 radical (unpaired) electrons. The van der Waals surface area contributed by atoms with Crippen LogP contribution in [0.15, 0.2) is 84.9 Å². The Kier molecular flexibility index (Phi) is 21.4. The molecule has 19 heteroatoms. The molecule has 2 aliphatic carbocycles. The number of nitrogens with one attached hydrogen (secondary N) is 1. The molecule has 6 aromatic rings. The average molecular weight is 1200 g/mol. The second-order valence-electron chi connectivity index (χ2n) is 21.4. The molecule has 4 aliphatic heterocycles. The summed E-state index contributed by atoms with van der Waals surface area (Å²) in [5.41, 5.74) is 9.80. The number of benzene rings is 4. The number of likely N-dealkylation sites (tertiary alicyclic amines) is 2. The number of amides is 1. The van der Waals surface area contributed by atoms with Gasteiger partial charge < -0.3 is 55.4 Å². The molecule has 6 fully saturated rings. The minimum Gasteiger partial charge on any atom is -0.489 e. The smallest absolute Gasteiger partial charge is 0.308 e. The first-order valence-corrected chi connectivity index (χ1v) is 30.2. The van der Waals surface area contributed by atoms with Gasteiger partial charge in [0.2, 0.25) is 5.91 Å². The Labute approximate surface area is 493 Å². The Morgan fingerprint density at radius 1 is 0.595 bits per heavy atom. The van der Waals surface area contributed by atoms with Gasteiger partial charge in [-0.1, -0.05) is 85.5 Å². The van der Waals surface area contributed by atoms with Gasteiger partial charge in [0.15, 0.2) is 0 Å². The van der Waals surface area contributed by atoms with Crippen LogP contribution in [0.3, 0.4) is 0 Å². The van der Waals surface area contributed by atoms with Crippen molar-refractivity contribution in [1.82, 2.24) is 15.1 Å². The SMILES string of the molecule is C.C.N[C@H](CN1CCCC1)[C@H](O)c1ccc(OC2CC2)c(Cl)c1.O=C(N[C@H](CN1CCCC1)[C@H](O)c1ccc(OC2CC2)c(Cl)c1)[C@@H]1CCN(c2ccc3cc(Cl)sc3c2)C1.O=C(O)[C@@H]1CCN(c2ccc3cc(Cl)sc3c2)C1. The number of aliphatic hydroxyl groups excluding tert-OH is 2. The molecule has 4 saturated heterocycles. The van der Waals surface area contributed by atoms with Crippen molar-refractivity contribution < 1.29 is 34.4 Å². The number of nitrogens with zero attached hydrogens (tertiary/aromatic N) is 4. The van der Waals surface area contributed by atoms with Gasteiger partial charge in [0, 0.05) is 66.1 Å². The zero-order chi connectivity index (χ0) is 53.7. The van der Waals surface area contributed by atoms with Crippen LogP contribution in [0.5, 0.6) is 11.5 Å². The Bertz CT molecular complexity index is 3000. The third-order valence-corrected chi connectivity index (χ3v) is 18.5. The summed E-state index contributed by atoms with van der Waals surface area (Å²) in [6, 6.07) is 26.7. The van der Waals surface area contributed by atoms with Crippen molar-refractivity contribution in [2.45, 2.75) is 116 Å². The van der Waals surface area contributed by atoms with Crippen LogP contribution >= 0.6 is 69.1 Å². The lowest BCUT2D eigenvalue weighted by Crippen LogP contribution is -2.48. The minimum atomic E-state index is -0.865. The van der Waals surface area contributed by atoms with E-state index in [-0.39, 0.29) is 44.7 Å². The maximum absolute atomic E-state index is 13.5. The molecule has 2 aromatic heterocycles. The highest BCUT2D eigenvalue weighted by molar-refractivity contribution is 7.23. The predicted octanol–water partition coefficient (Wildman–Crippen LogP) is 13.0. The normalized spacial score (nSPS) is 20.8. The van der Waals surface area contributed by atoms with Gasteiger partial charge in [-0.3, -0.25) is 9.59 Å². The Hall–Kier alpha value is -4.10. The third kappa shape index (κ3) is 16.1. The summed E-state index contributed by atoms with van der Waals surface area (Å²) in [6.07, 6.45) is 9.55. The molecular weight excluding hydrogens is 1120 g/mol. The van der Waals surface area contributed by atoms with Gasteiger partial charge in [0.05, 0.1) is 54.9 Å². The lowest BCUT2D eigenvalue weighted by molar-refractivity contribution is -0.141. The summed E-state index contributed by atoms with van der Waals surface area (Å²) < 4.78 is 15.4. The summed E-state index contributed by atoms with van der Waals surface area (Å²) >= 11 is 28.0. The van der Waals surface area contributed by atoms with Gasteiger partial charge in [0.1, 0.15) is 17.6 Å². The number of hydrogen-bond donors (Lipinski definition) is 5. The number of carbonyl (C=O) groups is 2. The van der Waals surface area contributed by atoms with Gasteiger partial charge >= 0.3 is 5.97 Å². The van der Waals surface area contributed by atoms with Crippen molar-refractivity contribution in [2.24, 2.45) is 17.6 Å². The summed E-state index contributed by atoms with van der Waals surface area (Å²) in [5.74, 6) is 0.271. The maximum Gasteiger partial charge on any atom is 0.308 e. The first-order chi connectivity index (χ1) is 37.2. The van der Waals surface area contributed by atoms with Crippen molar-refractivity contribution in [3.05, 3.63) is 115 Å². The number of aliphatic carboxylic acids is 1. The quantitative estimate of drug-likeness (QED) is 0.0588. The number of ether oxygens (including phenoxy) is 2. The van der Waals surface area contributed by atoms with Crippen molar-refractivity contribution in [3.63, 3.8) is 0 Å². The third-order valence-electron chi connectivity index (χ3n) is 15.4. The number of halogens is 4. The summed E-state index contributed by atoms with van der Waals surface area (Å²) in [6.45, 7) is 8.34. The fourth-order valence-electron chi connectivity index (χ4n) is 10.7. The highest BCUT2D eigenvalue weighted by atomic mass is 35.5. The van der Waals surface area contributed by atoms with E-state index in [0.717, 1.165) is 143 Å². The molecule has 6 atom stereocenters. The molecule has 0 unspecified atom stereocenters. The molecule has 4 aromatic carbocycles. The average Bonchev–Trinajstić information content (AvgIpc) is 3.87. The van der Waals surface area contributed by atoms with Crippen molar-refractivity contribution in [1.29, 1.82) is 0 Å². The number of aliphatic hydroxyl groups is 2. The standard InChI is InChI=1S/C29H33Cl2N3O3S.C16H23ClN2O2.C13H12ClNO2S.2CH4/c30-23-13-19(4-8-25(23)37-22-6-7-22)28(35)24(17-33-10-1-2-11-33)32-29(36)20-9-12-34(16-20)21-5-3-18-14-27(31)38-26(18)15-21;17-13-9-11(3-6-15(13)21-12-4-5-12)16(20)14(18)10-19-7-1-2-8-19;14-12-5-8-1-2-10(6-11(8)18-12)15-4-3-9(7-15)13(16)17;;/h3-5,8,13-15,20,22,24,28,35H,1-2,6-7,9-12,16-17H2,(H,32,36);3,6,9,12,14,16,20H,1-2,4-5,7-8,10,18H2;1-2,5-6,9H,3-4,7H2,(H,16,17);2*1H4/t20-,24-,28-;14-,16-;9-;;/m111../s1. The van der Waals surface area contributed by atoms with Crippen LogP contribution in [-0.4, -0.2) is 127 Å². The van der Waals surface area contributed by atoms with Gasteiger partial charge in [-0.2, -0.15) is 0 Å². The van der Waals surface area contributed by atoms with E-state index in [0.29, 0.717) is 52.8 Å². The predicted molar refractivity (Wildman–Crippen MR) is 327 cm³/mol. The fourth-order valence-corrected chi connectivity index (χ4v) is 13.6. The number of carboxylic acids is 1. The van der Waals surface area contributed by atoms with E-state index in [2.05, 4.69) is 49.2 Å². The van der Waals surface area contributed by atoms with E-state index in [9.17, 15) is 19.8 Å². The minimum absolute atomic E-state index is 0. The molecule has 0 spiro atoms. The summed E-state index contributed by atoms with van der Waals surface area (Å²) in [7, 11) is 0. The molecule has 6 N–H and O–H groups in total. The first kappa shape index (κ1) is 61.0. The molecule has 6 heterocycles. The molecule has 2 saturated carbocycles. The molecule has 79 heavy (non-hydrogen) atoms. The highest BCUT2D eigenvalue weighted by Crippen LogP contribution is 2.38. The van der Waals surface area contributed by atoms with Crippen molar-refractivity contribution in [3.8, 4) is 11.5 Å². The van der Waals surface area contributed by atoms with Crippen LogP contribution in [0.1, 0.15) is 102 Å². The number of anilines is 2. The molecule has 13 nitrogen and oxygen atoms in total. The van der Waals surface area contributed by atoms with Gasteiger partial charge in [0.25, 0.3) is 0 Å². The first-order valence-electron chi connectivity index (χ1n) is 27.1. The van der Waals surface area contributed by atoms with Crippen LogP contribution in [0.4, 0.5) is 11.4 Å². The van der Waals surface area contributed by atoms with E-state index in [4.69, 9.17) is 66.7 Å². The lowest BCUT2D eigenvalue weighted by atomic mass is 10.00. The summed E-state index contributed by atoms with van der Waals surface area (Å²) in [4.78, 5) is 33.5. The van der Waals surface area contributed by atoms with E-state index in [1.54, 1.807) is 34.8 Å². The largest absolute Gasteiger partial charge is 0.489 e. The lowest BCUT2D eigenvalue weighted by Gasteiger charge is -2.30. The van der Waals surface area contributed by atoms with Crippen LogP contribution < -0.4 is 30.3 Å². The topological polar surface area (TPSA) is 164 Å². The van der Waals surface area contributed by atoms with Crippen LogP contribution in [-0.2, 0) is 9.59 Å². The molecular formula is C60H76Cl4N6O7S2. The molecule has 428 valence electrons. The zero-order valence-electron chi connectivity index (χ0n) is 43.0. The van der Waals surface area contributed by atoms with E-state index in [1.165, 1.54) is 12.8 Å². The van der Waals surface area contributed by atoms with Crippen molar-refractivity contribution >= 4 is 113 Å². The number of carbonyl (C=O) groups excluding carboxylic acids is 1. The highest BCUT2D eigenvalue weighted by Gasteiger charge is 2.34.